The molecule has 0 aliphatic heterocycles. The summed E-state index contributed by atoms with van der Waals surface area (Å²) in [5, 5.41) is 11.6. The van der Waals surface area contributed by atoms with Crippen molar-refractivity contribution in [2.45, 2.75) is 46.0 Å². The third-order valence-electron chi connectivity index (χ3n) is 3.35. The fourth-order valence-corrected chi connectivity index (χ4v) is 2.20. The second-order valence-electron chi connectivity index (χ2n) is 5.39. The van der Waals surface area contributed by atoms with Gasteiger partial charge >= 0.3 is 5.97 Å². The number of hydrogen-bond acceptors (Lipinski definition) is 2. The molecule has 0 saturated heterocycles. The lowest BCUT2D eigenvalue weighted by molar-refractivity contribution is -0.131. The molecule has 1 aliphatic rings. The Hall–Kier alpha value is -1.32. The highest BCUT2D eigenvalue weighted by Crippen LogP contribution is 2.28. The van der Waals surface area contributed by atoms with Crippen molar-refractivity contribution in [3.8, 4) is 0 Å². The van der Waals surface area contributed by atoms with Crippen LogP contribution in [0.1, 0.15) is 46.0 Å². The first-order valence-corrected chi connectivity index (χ1v) is 6.69. The van der Waals surface area contributed by atoms with E-state index in [4.69, 9.17) is 5.11 Å². The Kier molecular flexibility index (Phi) is 5.89. The second kappa shape index (κ2) is 7.19. The molecule has 0 atom stereocenters. The smallest absolute Gasteiger partial charge is 0.328 e. The number of carboxylic acids is 1. The Labute approximate surface area is 108 Å². The van der Waals surface area contributed by atoms with Gasteiger partial charge in [-0.05, 0) is 38.0 Å². The Morgan fingerprint density at radius 3 is 2.50 bits per heavy atom. The van der Waals surface area contributed by atoms with Gasteiger partial charge in [-0.1, -0.05) is 19.4 Å². The molecular weight excluding hydrogens is 230 g/mol. The fourth-order valence-electron chi connectivity index (χ4n) is 2.20. The van der Waals surface area contributed by atoms with Gasteiger partial charge in [-0.3, -0.25) is 4.79 Å². The zero-order chi connectivity index (χ0) is 13.5. The zero-order valence-corrected chi connectivity index (χ0v) is 11.2. The molecule has 1 fully saturated rings. The van der Waals surface area contributed by atoms with Crippen LogP contribution in [0.25, 0.3) is 0 Å². The number of rotatable bonds is 5. The second-order valence-corrected chi connectivity index (χ2v) is 5.39. The molecule has 4 nitrogen and oxygen atoms in total. The summed E-state index contributed by atoms with van der Waals surface area (Å²) in [6.07, 6.45) is 5.29. The molecule has 1 rings (SSSR count). The van der Waals surface area contributed by atoms with Crippen LogP contribution < -0.4 is 5.32 Å². The van der Waals surface area contributed by atoms with Gasteiger partial charge in [0.2, 0.25) is 5.91 Å². The highest BCUT2D eigenvalue weighted by molar-refractivity contribution is 5.81. The number of carbonyl (C=O) groups excluding carboxylic acids is 1. The first-order valence-electron chi connectivity index (χ1n) is 6.69. The van der Waals surface area contributed by atoms with Crippen molar-refractivity contribution in [1.29, 1.82) is 0 Å². The molecule has 0 aromatic rings. The van der Waals surface area contributed by atoms with E-state index in [1.807, 2.05) is 0 Å². The topological polar surface area (TPSA) is 66.4 Å². The van der Waals surface area contributed by atoms with Gasteiger partial charge < -0.3 is 10.4 Å². The quantitative estimate of drug-likeness (QED) is 0.739. The molecule has 0 unspecified atom stereocenters. The van der Waals surface area contributed by atoms with Crippen LogP contribution in [-0.2, 0) is 9.59 Å². The minimum Gasteiger partial charge on any atom is -0.478 e. The number of hydrogen-bond donors (Lipinski definition) is 2. The van der Waals surface area contributed by atoms with E-state index in [2.05, 4.69) is 19.2 Å². The van der Waals surface area contributed by atoms with Crippen LogP contribution in [0.5, 0.6) is 0 Å². The molecule has 102 valence electrons. The molecule has 2 N–H and O–H groups in total. The number of aliphatic carboxylic acids is 1. The van der Waals surface area contributed by atoms with E-state index in [1.165, 1.54) is 6.08 Å². The summed E-state index contributed by atoms with van der Waals surface area (Å²) in [6.45, 7) is 5.01. The van der Waals surface area contributed by atoms with Crippen molar-refractivity contribution in [1.82, 2.24) is 5.32 Å². The Bertz CT molecular complexity index is 324. The van der Waals surface area contributed by atoms with Crippen LogP contribution in [-0.4, -0.2) is 23.5 Å². The Morgan fingerprint density at radius 2 is 2.00 bits per heavy atom. The summed E-state index contributed by atoms with van der Waals surface area (Å²) in [5.74, 6) is -0.0975. The summed E-state index contributed by atoms with van der Waals surface area (Å²) >= 11 is 0. The average molecular weight is 253 g/mol. The van der Waals surface area contributed by atoms with Gasteiger partial charge in [0.25, 0.3) is 0 Å². The highest BCUT2D eigenvalue weighted by atomic mass is 16.4. The van der Waals surface area contributed by atoms with Crippen molar-refractivity contribution >= 4 is 11.9 Å². The lowest BCUT2D eigenvalue weighted by Gasteiger charge is -2.23. The number of nitrogens with one attached hydrogen (secondary N) is 1. The third-order valence-corrected chi connectivity index (χ3v) is 3.35. The molecule has 1 amide bonds. The Balaban J connectivity index is 2.29. The largest absolute Gasteiger partial charge is 0.478 e. The maximum atomic E-state index is 11.9. The summed E-state index contributed by atoms with van der Waals surface area (Å²) < 4.78 is 0. The van der Waals surface area contributed by atoms with Crippen LogP contribution in [0.15, 0.2) is 11.6 Å². The molecule has 0 aromatic heterocycles. The van der Waals surface area contributed by atoms with E-state index < -0.39 is 5.97 Å². The monoisotopic (exact) mass is 253 g/mol. The van der Waals surface area contributed by atoms with Crippen LogP contribution in [0, 0.1) is 11.8 Å². The lowest BCUT2D eigenvalue weighted by Crippen LogP contribution is -2.33. The summed E-state index contributed by atoms with van der Waals surface area (Å²) in [5.41, 5.74) is 0.953. The summed E-state index contributed by atoms with van der Waals surface area (Å²) in [7, 11) is 0. The van der Waals surface area contributed by atoms with Crippen molar-refractivity contribution in [3.63, 3.8) is 0 Å². The molecule has 1 saturated carbocycles. The van der Waals surface area contributed by atoms with Gasteiger partial charge in [0.1, 0.15) is 0 Å². The van der Waals surface area contributed by atoms with E-state index in [1.54, 1.807) is 0 Å². The maximum absolute atomic E-state index is 11.9. The predicted octanol–water partition coefficient (Wildman–Crippen LogP) is 2.35. The predicted molar refractivity (Wildman–Crippen MR) is 70.1 cm³/mol. The fraction of sp³-hybridized carbons (Fsp3) is 0.714. The van der Waals surface area contributed by atoms with Gasteiger partial charge in [0.05, 0.1) is 0 Å². The standard InChI is InChI=1S/C14H23NO3/c1-10(2)7-8-15-14(18)12-5-3-11(4-6-12)9-13(16)17/h9-10,12H,3-8H2,1-2H3,(H,15,18)(H,16,17). The van der Waals surface area contributed by atoms with Gasteiger partial charge in [-0.2, -0.15) is 0 Å². The molecular formula is C14H23NO3. The number of carbonyl (C=O) groups is 2. The van der Waals surface area contributed by atoms with E-state index in [-0.39, 0.29) is 11.8 Å². The van der Waals surface area contributed by atoms with Crippen LogP contribution in [0.4, 0.5) is 0 Å². The van der Waals surface area contributed by atoms with Crippen LogP contribution in [0.3, 0.4) is 0 Å². The van der Waals surface area contributed by atoms with E-state index in [0.29, 0.717) is 5.92 Å². The van der Waals surface area contributed by atoms with E-state index in [0.717, 1.165) is 44.2 Å². The summed E-state index contributed by atoms with van der Waals surface area (Å²) in [4.78, 5) is 22.4. The van der Waals surface area contributed by atoms with Crippen molar-refractivity contribution in [2.24, 2.45) is 11.8 Å². The van der Waals surface area contributed by atoms with Gasteiger partial charge in [0, 0.05) is 18.5 Å². The average Bonchev–Trinajstić information content (AvgIpc) is 2.28. The maximum Gasteiger partial charge on any atom is 0.328 e. The first-order chi connectivity index (χ1) is 8.49. The molecule has 0 heterocycles. The van der Waals surface area contributed by atoms with Crippen LogP contribution in [0.2, 0.25) is 0 Å². The molecule has 0 aromatic carbocycles. The minimum atomic E-state index is -0.884. The summed E-state index contributed by atoms with van der Waals surface area (Å²) in [6, 6.07) is 0. The van der Waals surface area contributed by atoms with Gasteiger partial charge in [-0.15, -0.1) is 0 Å². The normalized spacial score (nSPS) is 19.7. The van der Waals surface area contributed by atoms with Crippen molar-refractivity contribution < 1.29 is 14.7 Å². The number of allylic oxidation sites excluding steroid dienone is 1. The number of amides is 1. The van der Waals surface area contributed by atoms with Gasteiger partial charge in [0.15, 0.2) is 0 Å². The molecule has 4 heteroatoms. The minimum absolute atomic E-state index is 0.0584. The molecule has 18 heavy (non-hydrogen) atoms. The zero-order valence-electron chi connectivity index (χ0n) is 11.2. The van der Waals surface area contributed by atoms with Crippen molar-refractivity contribution in [3.05, 3.63) is 11.6 Å². The van der Waals surface area contributed by atoms with Crippen molar-refractivity contribution in [2.75, 3.05) is 6.54 Å². The van der Waals surface area contributed by atoms with Gasteiger partial charge in [-0.25, -0.2) is 4.79 Å². The SMILES string of the molecule is CC(C)CCNC(=O)C1CCC(=CC(=O)O)CC1. The van der Waals surface area contributed by atoms with E-state index in [9.17, 15) is 9.59 Å². The van der Waals surface area contributed by atoms with Crippen LogP contribution >= 0.6 is 0 Å². The Morgan fingerprint density at radius 1 is 1.39 bits per heavy atom. The molecule has 0 bridgehead atoms. The number of carboxylic acid groups (broad SMARTS) is 1. The molecule has 1 aliphatic carbocycles. The van der Waals surface area contributed by atoms with E-state index >= 15 is 0 Å². The third kappa shape index (κ3) is 5.34. The molecule has 0 radical (unpaired) electrons. The molecule has 0 spiro atoms. The first kappa shape index (κ1) is 14.7. The highest BCUT2D eigenvalue weighted by Gasteiger charge is 2.23. The lowest BCUT2D eigenvalue weighted by atomic mass is 9.85.